The first-order valence-electron chi connectivity index (χ1n) is 8.06. The number of hydrogen-bond donors (Lipinski definition) is 2. The van der Waals surface area contributed by atoms with Gasteiger partial charge in [0.1, 0.15) is 5.82 Å². The summed E-state index contributed by atoms with van der Waals surface area (Å²) in [6.07, 6.45) is 2.01. The number of aliphatic imine (C=N–C) groups is 1. The number of thioether (sulfide) groups is 1. The van der Waals surface area contributed by atoms with Crippen LogP contribution in [-0.4, -0.2) is 52.2 Å². The molecule has 1 rings (SSSR count). The third-order valence-electron chi connectivity index (χ3n) is 3.19. The zero-order valence-electron chi connectivity index (χ0n) is 15.1. The molecule has 0 aliphatic rings. The number of ether oxygens (including phenoxy) is 2. The van der Waals surface area contributed by atoms with Crippen LogP contribution in [0.5, 0.6) is 0 Å². The highest BCUT2D eigenvalue weighted by atomic mass is 127. The van der Waals surface area contributed by atoms with Crippen LogP contribution in [0.4, 0.5) is 4.39 Å². The van der Waals surface area contributed by atoms with E-state index >= 15 is 0 Å². The number of halogens is 2. The average molecular weight is 485 g/mol. The smallest absolute Gasteiger partial charge is 0.191 e. The molecule has 2 N–H and O–H groups in total. The molecule has 8 heteroatoms. The third kappa shape index (κ3) is 10.9. The Labute approximate surface area is 171 Å². The lowest BCUT2D eigenvalue weighted by Crippen LogP contribution is -2.39. The van der Waals surface area contributed by atoms with Crippen molar-refractivity contribution in [3.8, 4) is 0 Å². The van der Waals surface area contributed by atoms with E-state index in [2.05, 4.69) is 15.6 Å². The van der Waals surface area contributed by atoms with Crippen molar-refractivity contribution in [2.45, 2.75) is 19.2 Å². The van der Waals surface area contributed by atoms with Gasteiger partial charge in [-0.1, -0.05) is 6.07 Å². The Morgan fingerprint density at radius 2 is 2.00 bits per heavy atom. The summed E-state index contributed by atoms with van der Waals surface area (Å²) < 4.78 is 23.7. The molecule has 0 aliphatic heterocycles. The summed E-state index contributed by atoms with van der Waals surface area (Å²) in [6.45, 7) is 5.73. The first-order valence-corrected chi connectivity index (χ1v) is 9.45. The zero-order valence-corrected chi connectivity index (χ0v) is 18.3. The minimum absolute atomic E-state index is 0. The van der Waals surface area contributed by atoms with E-state index in [0.29, 0.717) is 32.9 Å². The fourth-order valence-electron chi connectivity index (χ4n) is 2.03. The number of methoxy groups -OCH3 is 1. The van der Waals surface area contributed by atoms with Gasteiger partial charge in [0.25, 0.3) is 0 Å². The maximum atomic E-state index is 13.4. The molecule has 0 atom stereocenters. The van der Waals surface area contributed by atoms with Gasteiger partial charge in [-0.2, -0.15) is 11.8 Å². The molecule has 5 nitrogen and oxygen atoms in total. The number of hydrogen-bond acceptors (Lipinski definition) is 4. The van der Waals surface area contributed by atoms with Crippen molar-refractivity contribution >= 4 is 41.7 Å². The molecular formula is C17H29FIN3O2S. The molecule has 1 aromatic carbocycles. The molecule has 0 aromatic heterocycles. The van der Waals surface area contributed by atoms with Gasteiger partial charge in [-0.3, -0.25) is 0 Å². The van der Waals surface area contributed by atoms with Crippen LogP contribution in [0.15, 0.2) is 23.2 Å². The maximum Gasteiger partial charge on any atom is 0.191 e. The van der Waals surface area contributed by atoms with Crippen molar-refractivity contribution in [2.75, 3.05) is 46.3 Å². The molecule has 0 heterocycles. The van der Waals surface area contributed by atoms with Crippen molar-refractivity contribution < 1.29 is 13.9 Å². The van der Waals surface area contributed by atoms with Gasteiger partial charge in [0.2, 0.25) is 0 Å². The summed E-state index contributed by atoms with van der Waals surface area (Å²) in [5.74, 6) is 1.30. The molecule has 0 spiro atoms. The molecule has 0 unspecified atom stereocenters. The minimum atomic E-state index is -0.204. The van der Waals surface area contributed by atoms with E-state index in [0.717, 1.165) is 29.4 Å². The monoisotopic (exact) mass is 485 g/mol. The normalized spacial score (nSPS) is 11.1. The first-order chi connectivity index (χ1) is 11.7. The van der Waals surface area contributed by atoms with Gasteiger partial charge in [-0.05, 0) is 36.4 Å². The molecular weight excluding hydrogens is 456 g/mol. The molecule has 0 aliphatic carbocycles. The lowest BCUT2D eigenvalue weighted by atomic mass is 10.1. The zero-order chi connectivity index (χ0) is 17.6. The van der Waals surface area contributed by atoms with E-state index in [1.807, 2.05) is 19.2 Å². The number of rotatable bonds is 11. The molecule has 25 heavy (non-hydrogen) atoms. The van der Waals surface area contributed by atoms with E-state index < -0.39 is 0 Å². The number of guanidine groups is 1. The van der Waals surface area contributed by atoms with E-state index in [9.17, 15) is 4.39 Å². The Kier molecular flexibility index (Phi) is 15.3. The highest BCUT2D eigenvalue weighted by molar-refractivity contribution is 14.0. The van der Waals surface area contributed by atoms with Gasteiger partial charge in [-0.15, -0.1) is 24.0 Å². The third-order valence-corrected chi connectivity index (χ3v) is 3.79. The Morgan fingerprint density at radius 3 is 2.68 bits per heavy atom. The highest BCUT2D eigenvalue weighted by Gasteiger charge is 2.04. The maximum absolute atomic E-state index is 13.4. The van der Waals surface area contributed by atoms with Gasteiger partial charge in [0.05, 0.1) is 26.4 Å². The van der Waals surface area contributed by atoms with Crippen LogP contribution in [0.25, 0.3) is 0 Å². The van der Waals surface area contributed by atoms with Crippen LogP contribution in [0, 0.1) is 5.82 Å². The van der Waals surface area contributed by atoms with Crippen molar-refractivity contribution in [1.82, 2.24) is 10.6 Å². The van der Waals surface area contributed by atoms with Crippen molar-refractivity contribution in [2.24, 2.45) is 4.99 Å². The van der Waals surface area contributed by atoms with Crippen LogP contribution < -0.4 is 10.6 Å². The number of nitrogens with zero attached hydrogens (tertiary/aromatic N) is 1. The largest absolute Gasteiger partial charge is 0.382 e. The Morgan fingerprint density at radius 1 is 1.20 bits per heavy atom. The van der Waals surface area contributed by atoms with Gasteiger partial charge in [0.15, 0.2) is 5.96 Å². The van der Waals surface area contributed by atoms with Gasteiger partial charge < -0.3 is 20.1 Å². The van der Waals surface area contributed by atoms with E-state index in [1.54, 1.807) is 24.9 Å². The second kappa shape index (κ2) is 15.7. The summed E-state index contributed by atoms with van der Waals surface area (Å²) in [5.41, 5.74) is 2.03. The van der Waals surface area contributed by atoms with E-state index in [1.165, 1.54) is 6.07 Å². The van der Waals surface area contributed by atoms with E-state index in [-0.39, 0.29) is 29.8 Å². The second-order valence-electron chi connectivity index (χ2n) is 5.07. The van der Waals surface area contributed by atoms with E-state index in [4.69, 9.17) is 9.47 Å². The first kappa shape index (κ1) is 24.4. The van der Waals surface area contributed by atoms with Crippen LogP contribution in [-0.2, 0) is 21.8 Å². The van der Waals surface area contributed by atoms with Gasteiger partial charge in [0, 0.05) is 26.0 Å². The summed E-state index contributed by atoms with van der Waals surface area (Å²) in [6, 6.07) is 4.88. The number of benzene rings is 1. The van der Waals surface area contributed by atoms with Crippen LogP contribution in [0.3, 0.4) is 0 Å². The average Bonchev–Trinajstić information content (AvgIpc) is 2.57. The van der Waals surface area contributed by atoms with Crippen molar-refractivity contribution in [3.05, 3.63) is 35.1 Å². The molecule has 0 saturated heterocycles. The van der Waals surface area contributed by atoms with Crippen LogP contribution in [0.2, 0.25) is 0 Å². The summed E-state index contributed by atoms with van der Waals surface area (Å²) >= 11 is 1.67. The second-order valence-corrected chi connectivity index (χ2v) is 5.94. The summed E-state index contributed by atoms with van der Waals surface area (Å²) in [5, 5.41) is 6.42. The summed E-state index contributed by atoms with van der Waals surface area (Å²) in [4.78, 5) is 4.57. The minimum Gasteiger partial charge on any atom is -0.382 e. The van der Waals surface area contributed by atoms with Gasteiger partial charge >= 0.3 is 0 Å². The van der Waals surface area contributed by atoms with Crippen molar-refractivity contribution in [1.29, 1.82) is 0 Å². The molecule has 144 valence electrons. The molecule has 0 amide bonds. The Balaban J connectivity index is 0.00000576. The molecule has 0 saturated carbocycles. The predicted molar refractivity (Wildman–Crippen MR) is 115 cm³/mol. The SMILES string of the molecule is CCNC(=NCc1ccc(F)cc1CSC)NCCOCCOC.I. The summed E-state index contributed by atoms with van der Waals surface area (Å²) in [7, 11) is 1.65. The highest BCUT2D eigenvalue weighted by Crippen LogP contribution is 2.17. The van der Waals surface area contributed by atoms with Crippen molar-refractivity contribution in [3.63, 3.8) is 0 Å². The predicted octanol–water partition coefficient (Wildman–Crippen LogP) is 3.02. The molecule has 0 fully saturated rings. The molecule has 1 aromatic rings. The fourth-order valence-corrected chi connectivity index (χ4v) is 2.61. The fraction of sp³-hybridized carbons (Fsp3) is 0.588. The van der Waals surface area contributed by atoms with Gasteiger partial charge in [-0.25, -0.2) is 9.38 Å². The lowest BCUT2D eigenvalue weighted by molar-refractivity contribution is 0.0733. The Bertz CT molecular complexity index is 507. The number of nitrogens with one attached hydrogen (secondary N) is 2. The quantitative estimate of drug-likeness (QED) is 0.219. The van der Waals surface area contributed by atoms with Crippen LogP contribution >= 0.6 is 35.7 Å². The lowest BCUT2D eigenvalue weighted by Gasteiger charge is -2.12. The Hall–Kier alpha value is -0.580. The topological polar surface area (TPSA) is 54.9 Å². The molecule has 0 radical (unpaired) electrons. The molecule has 0 bridgehead atoms. The standard InChI is InChI=1S/C17H28FN3O2S.HI/c1-4-19-17(20-7-8-23-10-9-22-2)21-12-14-5-6-16(18)11-15(14)13-24-3;/h5-6,11H,4,7-10,12-13H2,1-3H3,(H2,19,20,21);1H. The van der Waals surface area contributed by atoms with Crippen LogP contribution in [0.1, 0.15) is 18.1 Å².